The number of guanidine groups is 1. The molecule has 0 bridgehead atoms. The Morgan fingerprint density at radius 3 is 2.12 bits per heavy atom. The summed E-state index contributed by atoms with van der Waals surface area (Å²) in [5.74, 6) is -1.17. The zero-order chi connectivity index (χ0) is 29.9. The lowest BCUT2D eigenvalue weighted by atomic mass is 10.0. The maximum atomic E-state index is 13.3. The van der Waals surface area contributed by atoms with E-state index in [-0.39, 0.29) is 25.2 Å². The van der Waals surface area contributed by atoms with Gasteiger partial charge in [0.2, 0.25) is 11.8 Å². The topological polar surface area (TPSA) is 198 Å². The van der Waals surface area contributed by atoms with Gasteiger partial charge >= 0.3 is 18.0 Å². The van der Waals surface area contributed by atoms with Crippen molar-refractivity contribution in [1.82, 2.24) is 16.0 Å². The number of alkyl carbamates (subject to hydrolysis) is 1. The van der Waals surface area contributed by atoms with E-state index < -0.39 is 42.0 Å². The molecule has 1 aromatic carbocycles. The van der Waals surface area contributed by atoms with Crippen molar-refractivity contribution in [1.29, 1.82) is 0 Å². The fourth-order valence-corrected chi connectivity index (χ4v) is 3.57. The lowest BCUT2D eigenvalue weighted by molar-refractivity contribution is -0.459. The van der Waals surface area contributed by atoms with Crippen LogP contribution in [0.1, 0.15) is 31.2 Å². The van der Waals surface area contributed by atoms with Gasteiger partial charge < -0.3 is 30.2 Å². The van der Waals surface area contributed by atoms with Crippen LogP contribution in [-0.4, -0.2) is 75.3 Å². The number of unbranched alkanes of at least 4 members (excludes halogenated alkanes) is 1. The van der Waals surface area contributed by atoms with Crippen LogP contribution in [0.5, 0.6) is 5.75 Å². The molecule has 40 heavy (non-hydrogen) atoms. The number of rotatable bonds is 18. The number of benzene rings is 1. The Bertz CT molecular complexity index is 1020. The number of esters is 1. The molecule has 3 atom stereocenters. The van der Waals surface area contributed by atoms with Crippen molar-refractivity contribution in [2.45, 2.75) is 50.2 Å². The van der Waals surface area contributed by atoms with Crippen molar-refractivity contribution in [2.24, 2.45) is 11.5 Å². The van der Waals surface area contributed by atoms with Crippen molar-refractivity contribution in [3.05, 3.63) is 55.1 Å². The summed E-state index contributed by atoms with van der Waals surface area (Å²) in [6.45, 7) is 8.01. The van der Waals surface area contributed by atoms with Crippen LogP contribution < -0.4 is 37.1 Å². The normalized spacial score (nSPS) is 12.4. The van der Waals surface area contributed by atoms with Gasteiger partial charge in [-0.05, 0) is 43.4 Å². The maximum absolute atomic E-state index is 13.3. The summed E-state index contributed by atoms with van der Waals surface area (Å²) in [5.41, 5.74) is 11.5. The number of hydrogen-bond acceptors (Lipinski definition) is 7. The molecular formula is C27H41N6O7+. The van der Waals surface area contributed by atoms with Crippen LogP contribution in [-0.2, 0) is 30.3 Å². The number of ether oxygens (including phenoxy) is 3. The highest BCUT2D eigenvalue weighted by Gasteiger charge is 2.29. The molecule has 13 nitrogen and oxygen atoms in total. The average molecular weight is 562 g/mol. The summed E-state index contributed by atoms with van der Waals surface area (Å²) < 4.78 is 14.9. The van der Waals surface area contributed by atoms with Gasteiger partial charge in [-0.2, -0.15) is 0 Å². The van der Waals surface area contributed by atoms with Gasteiger partial charge in [-0.15, -0.1) is 6.58 Å². The quantitative estimate of drug-likeness (QED) is 0.0417. The van der Waals surface area contributed by atoms with Gasteiger partial charge in [0.05, 0.1) is 20.8 Å². The molecule has 0 radical (unpaired) electrons. The molecule has 3 amide bonds. The Hall–Kier alpha value is -4.55. The highest BCUT2D eigenvalue weighted by Crippen LogP contribution is 2.14. The minimum Gasteiger partial charge on any atom is -0.490 e. The molecule has 0 saturated heterocycles. The third-order valence-electron chi connectivity index (χ3n) is 5.61. The Kier molecular flexibility index (Phi) is 15.6. The molecule has 0 unspecified atom stereocenters. The van der Waals surface area contributed by atoms with Gasteiger partial charge in [-0.1, -0.05) is 30.9 Å². The third-order valence-corrected chi connectivity index (χ3v) is 5.61. The van der Waals surface area contributed by atoms with Gasteiger partial charge in [0.25, 0.3) is 0 Å². The van der Waals surface area contributed by atoms with Crippen LogP contribution in [0.2, 0.25) is 0 Å². The second-order valence-electron chi connectivity index (χ2n) is 8.68. The Balaban J connectivity index is 3.09. The average Bonchev–Trinajstić information content (AvgIpc) is 2.94. The summed E-state index contributed by atoms with van der Waals surface area (Å²) in [6, 6.07) is 3.90. The zero-order valence-electron chi connectivity index (χ0n) is 23.1. The van der Waals surface area contributed by atoms with Crippen LogP contribution in [0.4, 0.5) is 4.79 Å². The second kappa shape index (κ2) is 18.7. The zero-order valence-corrected chi connectivity index (χ0v) is 23.1. The van der Waals surface area contributed by atoms with E-state index in [0.29, 0.717) is 31.7 Å². The van der Waals surface area contributed by atoms with E-state index in [2.05, 4.69) is 38.8 Å². The fraction of sp³-hybridized carbons (Fsp3) is 0.444. The molecule has 0 aliphatic rings. The van der Waals surface area contributed by atoms with Gasteiger partial charge in [0.1, 0.15) is 30.5 Å². The minimum atomic E-state index is -1.07. The highest BCUT2D eigenvalue weighted by molar-refractivity contribution is 5.93. The minimum absolute atomic E-state index is 0.0740. The lowest BCUT2D eigenvalue weighted by Crippen LogP contribution is -2.78. The summed E-state index contributed by atoms with van der Waals surface area (Å²) >= 11 is 0. The molecule has 220 valence electrons. The number of amides is 3. The summed E-state index contributed by atoms with van der Waals surface area (Å²) in [6.07, 6.45) is 3.84. The first kappa shape index (κ1) is 33.5. The van der Waals surface area contributed by atoms with Crippen LogP contribution in [0.15, 0.2) is 49.6 Å². The van der Waals surface area contributed by atoms with Gasteiger partial charge in [0, 0.05) is 6.42 Å². The van der Waals surface area contributed by atoms with E-state index in [1.165, 1.54) is 20.3 Å². The number of hydrogen-bond donors (Lipinski definition) is 6. The SMILES string of the molecule is C=CCOc1ccc(C[C@H](NC(=O)OC)C(=O)N[C@@H](CCCC[NH+]=C(N)N)C(=O)N[C@@H](CC=C)C(=O)OC)cc1. The van der Waals surface area contributed by atoms with Gasteiger partial charge in [-0.25, -0.2) is 9.59 Å². The van der Waals surface area contributed by atoms with Crippen molar-refractivity contribution in [3.8, 4) is 5.75 Å². The van der Waals surface area contributed by atoms with Crippen molar-refractivity contribution < 1.29 is 38.4 Å². The third kappa shape index (κ3) is 12.8. The fourth-order valence-electron chi connectivity index (χ4n) is 3.57. The standard InChI is InChI=1S/C27H40N6O7/c1-5-9-21(25(36)38-3)32-23(34)20(10-7-8-15-30-26(28)29)31-24(35)22(33-27(37)39-4)17-18-11-13-19(14-12-18)40-16-6-2/h5-6,11-14,20-22H,1-2,7-10,15-17H2,3-4H3,(H,31,35)(H,32,34)(H,33,37)(H4,28,29,30)/p+1/t20-,21-,22-/m0/s1. The van der Waals surface area contributed by atoms with Crippen molar-refractivity contribution in [3.63, 3.8) is 0 Å². The van der Waals surface area contributed by atoms with Crippen LogP contribution in [0.25, 0.3) is 0 Å². The molecule has 1 aromatic rings. The van der Waals surface area contributed by atoms with Crippen molar-refractivity contribution >= 4 is 29.8 Å². The van der Waals surface area contributed by atoms with Crippen LogP contribution in [0, 0.1) is 0 Å². The van der Waals surface area contributed by atoms with Crippen LogP contribution >= 0.6 is 0 Å². The first-order valence-corrected chi connectivity index (χ1v) is 12.7. The molecule has 0 heterocycles. The van der Waals surface area contributed by atoms with Gasteiger partial charge in [0.15, 0.2) is 0 Å². The number of methoxy groups -OCH3 is 2. The molecule has 0 aliphatic carbocycles. The van der Waals surface area contributed by atoms with E-state index in [1.807, 2.05) is 0 Å². The molecule has 0 spiro atoms. The number of carbonyl (C=O) groups is 4. The number of carbonyl (C=O) groups excluding carboxylic acids is 4. The Morgan fingerprint density at radius 2 is 1.55 bits per heavy atom. The molecule has 0 aromatic heterocycles. The van der Waals surface area contributed by atoms with E-state index in [4.69, 9.17) is 20.9 Å². The summed E-state index contributed by atoms with van der Waals surface area (Å²) in [7, 11) is 2.39. The Labute approximate surface area is 234 Å². The summed E-state index contributed by atoms with van der Waals surface area (Å²) in [5, 5.41) is 7.81. The predicted molar refractivity (Wildman–Crippen MR) is 149 cm³/mol. The second-order valence-corrected chi connectivity index (χ2v) is 8.68. The molecule has 8 N–H and O–H groups in total. The Morgan fingerprint density at radius 1 is 0.900 bits per heavy atom. The maximum Gasteiger partial charge on any atom is 0.407 e. The highest BCUT2D eigenvalue weighted by atomic mass is 16.5. The molecule has 13 heteroatoms. The molecule has 0 fully saturated rings. The van der Waals surface area contributed by atoms with Crippen LogP contribution in [0.3, 0.4) is 0 Å². The van der Waals surface area contributed by atoms with E-state index >= 15 is 0 Å². The largest absolute Gasteiger partial charge is 0.490 e. The van der Waals surface area contributed by atoms with E-state index in [0.717, 1.165) is 5.56 Å². The molecule has 0 saturated carbocycles. The first-order chi connectivity index (χ1) is 19.1. The summed E-state index contributed by atoms with van der Waals surface area (Å²) in [4.78, 5) is 53.4. The van der Waals surface area contributed by atoms with Gasteiger partial charge in [-0.3, -0.25) is 26.0 Å². The predicted octanol–water partition coefficient (Wildman–Crippen LogP) is -1.24. The van der Waals surface area contributed by atoms with Crippen molar-refractivity contribution in [2.75, 3.05) is 27.4 Å². The molecule has 1 rings (SSSR count). The number of nitrogens with two attached hydrogens (primary N) is 2. The smallest absolute Gasteiger partial charge is 0.407 e. The monoisotopic (exact) mass is 561 g/mol. The lowest BCUT2D eigenvalue weighted by Gasteiger charge is -2.24. The van der Waals surface area contributed by atoms with E-state index in [1.54, 1.807) is 30.3 Å². The molecular weight excluding hydrogens is 520 g/mol. The molecule has 0 aliphatic heterocycles. The number of nitrogens with one attached hydrogen (secondary N) is 4. The first-order valence-electron chi connectivity index (χ1n) is 12.7. The van der Waals surface area contributed by atoms with E-state index in [9.17, 15) is 19.2 Å².